The van der Waals surface area contributed by atoms with Crippen LogP contribution in [0.15, 0.2) is 47.4 Å². The summed E-state index contributed by atoms with van der Waals surface area (Å²) in [6.07, 6.45) is 1.12. The Morgan fingerprint density at radius 3 is 2.42 bits per heavy atom. The van der Waals surface area contributed by atoms with Crippen molar-refractivity contribution in [1.29, 1.82) is 0 Å². The molecule has 0 aliphatic rings. The maximum absolute atomic E-state index is 11.2. The fraction of sp³-hybridized carbons (Fsp3) is 0.0667. The molecule has 0 aromatic heterocycles. The summed E-state index contributed by atoms with van der Waals surface area (Å²) < 4.78 is 0. The Morgan fingerprint density at radius 1 is 1.16 bits per heavy atom. The molecule has 0 radical (unpaired) electrons. The van der Waals surface area contributed by atoms with Gasteiger partial charge in [0.15, 0.2) is 6.29 Å². The topological polar surface area (TPSA) is 54.4 Å². The van der Waals surface area contributed by atoms with Crippen molar-refractivity contribution in [2.24, 2.45) is 0 Å². The van der Waals surface area contributed by atoms with E-state index in [1.807, 2.05) is 30.3 Å². The molecule has 0 aliphatic heterocycles. The standard InChI is InChI=1S/C15H12O3S/c16-9-11-6-7-12(15(17)18)13(14(11)19)8-10-4-2-1-3-5-10/h1-7,9,19H,8H2,(H,17,18). The monoisotopic (exact) mass is 272 g/mol. The van der Waals surface area contributed by atoms with E-state index in [2.05, 4.69) is 12.6 Å². The second-order valence-corrected chi connectivity index (χ2v) is 4.56. The van der Waals surface area contributed by atoms with Crippen LogP contribution < -0.4 is 0 Å². The van der Waals surface area contributed by atoms with Crippen molar-refractivity contribution < 1.29 is 14.7 Å². The van der Waals surface area contributed by atoms with Gasteiger partial charge < -0.3 is 5.11 Å². The van der Waals surface area contributed by atoms with E-state index >= 15 is 0 Å². The van der Waals surface area contributed by atoms with E-state index in [0.29, 0.717) is 28.7 Å². The third-order valence-electron chi connectivity index (χ3n) is 2.90. The molecule has 96 valence electrons. The smallest absolute Gasteiger partial charge is 0.336 e. The zero-order valence-electron chi connectivity index (χ0n) is 10.0. The lowest BCUT2D eigenvalue weighted by Gasteiger charge is -2.11. The second-order valence-electron chi connectivity index (χ2n) is 4.11. The molecule has 19 heavy (non-hydrogen) atoms. The predicted octanol–water partition coefficient (Wildman–Crippen LogP) is 3.08. The normalized spacial score (nSPS) is 10.2. The minimum Gasteiger partial charge on any atom is -0.478 e. The second kappa shape index (κ2) is 5.71. The average Bonchev–Trinajstić information content (AvgIpc) is 2.42. The molecule has 2 aromatic carbocycles. The molecule has 2 aromatic rings. The van der Waals surface area contributed by atoms with Crippen molar-refractivity contribution in [3.05, 3.63) is 64.7 Å². The Balaban J connectivity index is 2.53. The van der Waals surface area contributed by atoms with E-state index in [1.54, 1.807) is 0 Å². The van der Waals surface area contributed by atoms with Crippen LogP contribution in [0.2, 0.25) is 0 Å². The van der Waals surface area contributed by atoms with Crippen LogP contribution in [0.4, 0.5) is 0 Å². The molecular weight excluding hydrogens is 260 g/mol. The molecule has 0 unspecified atom stereocenters. The molecule has 0 amide bonds. The number of carbonyl (C=O) groups is 2. The molecule has 0 bridgehead atoms. The highest BCUT2D eigenvalue weighted by Crippen LogP contribution is 2.25. The van der Waals surface area contributed by atoms with Crippen LogP contribution in [0.3, 0.4) is 0 Å². The first-order valence-electron chi connectivity index (χ1n) is 5.70. The van der Waals surface area contributed by atoms with Gasteiger partial charge in [0.25, 0.3) is 0 Å². The Kier molecular flexibility index (Phi) is 4.02. The van der Waals surface area contributed by atoms with Gasteiger partial charge in [0.05, 0.1) is 5.56 Å². The summed E-state index contributed by atoms with van der Waals surface area (Å²) >= 11 is 4.29. The minimum atomic E-state index is -1.02. The van der Waals surface area contributed by atoms with Crippen molar-refractivity contribution in [2.75, 3.05) is 0 Å². The summed E-state index contributed by atoms with van der Waals surface area (Å²) in [7, 11) is 0. The zero-order valence-corrected chi connectivity index (χ0v) is 10.9. The number of carbonyl (C=O) groups excluding carboxylic acids is 1. The molecule has 2 rings (SSSR count). The van der Waals surface area contributed by atoms with Gasteiger partial charge in [-0.25, -0.2) is 4.79 Å². The number of rotatable bonds is 4. The first-order chi connectivity index (χ1) is 9.13. The van der Waals surface area contributed by atoms with Crippen molar-refractivity contribution in [3.63, 3.8) is 0 Å². The third-order valence-corrected chi connectivity index (χ3v) is 3.42. The lowest BCUT2D eigenvalue weighted by molar-refractivity contribution is 0.0695. The lowest BCUT2D eigenvalue weighted by Crippen LogP contribution is -2.06. The van der Waals surface area contributed by atoms with Gasteiger partial charge in [-0.15, -0.1) is 12.6 Å². The van der Waals surface area contributed by atoms with Crippen LogP contribution in [0.5, 0.6) is 0 Å². The molecule has 0 heterocycles. The van der Waals surface area contributed by atoms with E-state index in [4.69, 9.17) is 0 Å². The van der Waals surface area contributed by atoms with Crippen LogP contribution in [-0.4, -0.2) is 17.4 Å². The van der Waals surface area contributed by atoms with Crippen molar-refractivity contribution in [2.45, 2.75) is 11.3 Å². The highest BCUT2D eigenvalue weighted by Gasteiger charge is 2.15. The molecular formula is C15H12O3S. The van der Waals surface area contributed by atoms with Gasteiger partial charge in [0, 0.05) is 10.5 Å². The summed E-state index contributed by atoms with van der Waals surface area (Å²) in [6.45, 7) is 0. The molecule has 1 N–H and O–H groups in total. The van der Waals surface area contributed by atoms with E-state index < -0.39 is 5.97 Å². The van der Waals surface area contributed by atoms with Crippen LogP contribution >= 0.6 is 12.6 Å². The number of aromatic carboxylic acids is 1. The van der Waals surface area contributed by atoms with Gasteiger partial charge in [-0.2, -0.15) is 0 Å². The van der Waals surface area contributed by atoms with E-state index in [-0.39, 0.29) is 5.56 Å². The fourth-order valence-corrected chi connectivity index (χ4v) is 2.26. The highest BCUT2D eigenvalue weighted by molar-refractivity contribution is 7.80. The average molecular weight is 272 g/mol. The van der Waals surface area contributed by atoms with Gasteiger partial charge in [0.1, 0.15) is 0 Å². The van der Waals surface area contributed by atoms with Crippen molar-refractivity contribution >= 4 is 24.9 Å². The molecule has 3 nitrogen and oxygen atoms in total. The predicted molar refractivity (Wildman–Crippen MR) is 75.3 cm³/mol. The summed E-state index contributed by atoms with van der Waals surface area (Å²) in [6, 6.07) is 12.4. The molecule has 0 spiro atoms. The molecule has 0 fully saturated rings. The van der Waals surface area contributed by atoms with Gasteiger partial charge in [0.2, 0.25) is 0 Å². The number of hydrogen-bond donors (Lipinski definition) is 2. The number of benzene rings is 2. The number of carboxylic acids is 1. The number of aldehydes is 1. The summed E-state index contributed by atoms with van der Waals surface area (Å²) in [5.41, 5.74) is 2.12. The number of hydrogen-bond acceptors (Lipinski definition) is 3. The maximum atomic E-state index is 11.2. The molecule has 0 aliphatic carbocycles. The summed E-state index contributed by atoms with van der Waals surface area (Å²) in [5, 5.41) is 9.21. The van der Waals surface area contributed by atoms with Crippen LogP contribution in [0, 0.1) is 0 Å². The van der Waals surface area contributed by atoms with Gasteiger partial charge >= 0.3 is 5.97 Å². The fourth-order valence-electron chi connectivity index (χ4n) is 1.93. The largest absolute Gasteiger partial charge is 0.478 e. The van der Waals surface area contributed by atoms with Crippen LogP contribution in [0.1, 0.15) is 31.8 Å². The van der Waals surface area contributed by atoms with Crippen molar-refractivity contribution in [3.8, 4) is 0 Å². The van der Waals surface area contributed by atoms with E-state index in [1.165, 1.54) is 12.1 Å². The Bertz CT molecular complexity index is 621. The van der Waals surface area contributed by atoms with Gasteiger partial charge in [-0.1, -0.05) is 30.3 Å². The molecule has 4 heteroatoms. The van der Waals surface area contributed by atoms with Gasteiger partial charge in [-0.3, -0.25) is 4.79 Å². The molecule has 0 saturated carbocycles. The van der Waals surface area contributed by atoms with E-state index in [9.17, 15) is 14.7 Å². The Morgan fingerprint density at radius 2 is 1.84 bits per heavy atom. The van der Waals surface area contributed by atoms with Crippen LogP contribution in [-0.2, 0) is 6.42 Å². The maximum Gasteiger partial charge on any atom is 0.336 e. The van der Waals surface area contributed by atoms with Gasteiger partial charge in [-0.05, 0) is 29.7 Å². The van der Waals surface area contributed by atoms with Crippen LogP contribution in [0.25, 0.3) is 0 Å². The highest BCUT2D eigenvalue weighted by atomic mass is 32.1. The number of carboxylic acid groups (broad SMARTS) is 1. The molecule has 0 saturated heterocycles. The lowest BCUT2D eigenvalue weighted by atomic mass is 9.97. The third kappa shape index (κ3) is 2.85. The first kappa shape index (κ1) is 13.4. The van der Waals surface area contributed by atoms with Crippen molar-refractivity contribution in [1.82, 2.24) is 0 Å². The van der Waals surface area contributed by atoms with E-state index in [0.717, 1.165) is 5.56 Å². The molecule has 0 atom stereocenters. The summed E-state index contributed by atoms with van der Waals surface area (Å²) in [4.78, 5) is 22.6. The summed E-state index contributed by atoms with van der Waals surface area (Å²) in [5.74, 6) is -1.02. The zero-order chi connectivity index (χ0) is 13.8. The minimum absolute atomic E-state index is 0.180. The number of thiol groups is 1. The quantitative estimate of drug-likeness (QED) is 0.664. The Hall–Kier alpha value is -2.07. The SMILES string of the molecule is O=Cc1ccc(C(=O)O)c(Cc2ccccc2)c1S. The first-order valence-corrected chi connectivity index (χ1v) is 6.15. The Labute approximate surface area is 116 Å².